The highest BCUT2D eigenvalue weighted by Gasteiger charge is 2.23. The van der Waals surface area contributed by atoms with E-state index >= 15 is 0 Å². The van der Waals surface area contributed by atoms with Gasteiger partial charge in [0.25, 0.3) is 12.3 Å². The number of carbonyl (C=O) groups excluding carboxylic acids is 1. The minimum Gasteiger partial charge on any atom is -0.346 e. The topological polar surface area (TPSA) is 90.6 Å². The molecule has 0 bridgehead atoms. The number of rotatable bonds is 8. The number of nitrogens with zero attached hydrogens (tertiary/aromatic N) is 4. The summed E-state index contributed by atoms with van der Waals surface area (Å²) in [5.41, 5.74) is 0.152. The number of aromatic nitrogens is 3. The van der Waals surface area contributed by atoms with Crippen molar-refractivity contribution in [2.45, 2.75) is 39.2 Å². The van der Waals surface area contributed by atoms with E-state index in [-0.39, 0.29) is 34.6 Å². The molecular formula is C21H22ClF2N5O3. The predicted molar refractivity (Wildman–Crippen MR) is 113 cm³/mol. The molecule has 3 rings (SSSR count). The molecule has 1 aliphatic rings. The second-order valence-corrected chi connectivity index (χ2v) is 7.85. The van der Waals surface area contributed by atoms with Gasteiger partial charge >= 0.3 is 0 Å². The number of hydrogen-bond acceptors (Lipinski definition) is 6. The van der Waals surface area contributed by atoms with Crippen molar-refractivity contribution in [3.63, 3.8) is 0 Å². The molecule has 0 aliphatic heterocycles. The second kappa shape index (κ2) is 10.5. The Bertz CT molecular complexity index is 1070. The average molecular weight is 466 g/mol. The molecule has 32 heavy (non-hydrogen) atoms. The van der Waals surface area contributed by atoms with Crippen molar-refractivity contribution in [1.82, 2.24) is 20.1 Å². The van der Waals surface area contributed by atoms with Crippen LogP contribution in [-0.4, -0.2) is 39.0 Å². The lowest BCUT2D eigenvalue weighted by Gasteiger charge is -2.10. The van der Waals surface area contributed by atoms with Gasteiger partial charge in [-0.15, -0.1) is 0 Å². The molecule has 1 amide bonds. The van der Waals surface area contributed by atoms with E-state index < -0.39 is 18.0 Å². The van der Waals surface area contributed by atoms with Gasteiger partial charge in [0.1, 0.15) is 23.2 Å². The maximum Gasteiger partial charge on any atom is 0.282 e. The van der Waals surface area contributed by atoms with Crippen LogP contribution in [0.3, 0.4) is 0 Å². The fraction of sp³-hybridized carbons (Fsp3) is 0.429. The van der Waals surface area contributed by atoms with Crippen molar-refractivity contribution in [2.24, 2.45) is 18.1 Å². The smallest absolute Gasteiger partial charge is 0.282 e. The van der Waals surface area contributed by atoms with Crippen LogP contribution in [0.1, 0.15) is 60.4 Å². The number of oxime groups is 1. The summed E-state index contributed by atoms with van der Waals surface area (Å²) in [6.07, 6.45) is 1.77. The Morgan fingerprint density at radius 3 is 2.81 bits per heavy atom. The molecule has 1 saturated carbocycles. The van der Waals surface area contributed by atoms with E-state index in [9.17, 15) is 13.6 Å². The number of hydrogen-bond donors (Lipinski definition) is 1. The third kappa shape index (κ3) is 6.48. The van der Waals surface area contributed by atoms with Gasteiger partial charge in [0, 0.05) is 30.9 Å². The largest absolute Gasteiger partial charge is 0.346 e. The van der Waals surface area contributed by atoms with Crippen molar-refractivity contribution in [3.05, 3.63) is 46.0 Å². The fourth-order valence-corrected chi connectivity index (χ4v) is 2.82. The van der Waals surface area contributed by atoms with E-state index in [1.807, 2.05) is 0 Å². The molecule has 2 aromatic heterocycles. The van der Waals surface area contributed by atoms with Gasteiger partial charge in [-0.3, -0.25) is 14.5 Å². The Hall–Kier alpha value is -3.03. The first-order chi connectivity index (χ1) is 15.2. The van der Waals surface area contributed by atoms with Crippen LogP contribution in [0.2, 0.25) is 5.02 Å². The molecule has 1 fully saturated rings. The quantitative estimate of drug-likeness (QED) is 0.278. The molecule has 11 heteroatoms. The van der Waals surface area contributed by atoms with Crippen LogP contribution >= 0.6 is 11.6 Å². The minimum atomic E-state index is -2.90. The highest BCUT2D eigenvalue weighted by Crippen LogP contribution is 2.27. The van der Waals surface area contributed by atoms with Gasteiger partial charge in [-0.1, -0.05) is 23.4 Å². The van der Waals surface area contributed by atoms with E-state index in [1.165, 1.54) is 19.4 Å². The summed E-state index contributed by atoms with van der Waals surface area (Å²) >= 11 is 6.37. The molecule has 0 aromatic carbocycles. The predicted octanol–water partition coefficient (Wildman–Crippen LogP) is 3.66. The number of carbonyl (C=O) groups is 1. The maximum absolute atomic E-state index is 13.2. The van der Waals surface area contributed by atoms with Gasteiger partial charge in [0.2, 0.25) is 0 Å². The van der Waals surface area contributed by atoms with Crippen molar-refractivity contribution < 1.29 is 23.5 Å². The Morgan fingerprint density at radius 2 is 2.19 bits per heavy atom. The van der Waals surface area contributed by atoms with Crippen molar-refractivity contribution >= 4 is 23.2 Å². The third-order valence-electron chi connectivity index (χ3n) is 4.22. The summed E-state index contributed by atoms with van der Waals surface area (Å²) < 4.78 is 27.5. The molecule has 1 N–H and O–H groups in total. The van der Waals surface area contributed by atoms with Gasteiger partial charge in [-0.05, 0) is 37.9 Å². The molecule has 170 valence electrons. The Labute approximate surface area is 188 Å². The summed E-state index contributed by atoms with van der Waals surface area (Å²) in [5, 5.41) is 10.2. The Kier molecular flexibility index (Phi) is 7.77. The number of aryl methyl sites for hydroxylation is 1. The Morgan fingerprint density at radius 1 is 1.44 bits per heavy atom. The van der Waals surface area contributed by atoms with Crippen LogP contribution in [0, 0.1) is 17.8 Å². The zero-order chi connectivity index (χ0) is 23.3. The molecule has 2 aromatic rings. The molecule has 0 saturated heterocycles. The number of nitrogens with one attached hydrogen (secondary N) is 1. The minimum absolute atomic E-state index is 0.133. The first-order valence-corrected chi connectivity index (χ1v) is 10.3. The summed E-state index contributed by atoms with van der Waals surface area (Å²) in [6, 6.07) is 1.63. The van der Waals surface area contributed by atoms with E-state index in [1.54, 1.807) is 19.9 Å². The lowest BCUT2D eigenvalue weighted by Crippen LogP contribution is -2.31. The standard InChI is InChI=1S/C21H22ClF2N5O3/c1-12(2)31-32-28-17(10-26-21(30)15-11-29(3)27-18(15)20(23)24)19-16(22)8-14(9-25-19)7-6-13-4-5-13/h8-9,11-13,20H,4-5,10H2,1-3H3,(H,26,30)/b28-17-. The van der Waals surface area contributed by atoms with Crippen molar-refractivity contribution in [2.75, 3.05) is 6.54 Å². The lowest BCUT2D eigenvalue weighted by atomic mass is 10.2. The summed E-state index contributed by atoms with van der Waals surface area (Å²) in [6.45, 7) is 3.27. The second-order valence-electron chi connectivity index (χ2n) is 7.44. The third-order valence-corrected chi connectivity index (χ3v) is 4.51. The maximum atomic E-state index is 13.2. The number of halogens is 3. The van der Waals surface area contributed by atoms with Crippen LogP contribution in [0.4, 0.5) is 8.78 Å². The van der Waals surface area contributed by atoms with Crippen LogP contribution < -0.4 is 5.32 Å². The van der Waals surface area contributed by atoms with Gasteiger partial charge < -0.3 is 5.32 Å². The molecule has 1 aliphatic carbocycles. The van der Waals surface area contributed by atoms with Gasteiger partial charge in [-0.25, -0.2) is 13.8 Å². The van der Waals surface area contributed by atoms with E-state index in [0.29, 0.717) is 11.5 Å². The number of alkyl halides is 2. The zero-order valence-electron chi connectivity index (χ0n) is 17.7. The van der Waals surface area contributed by atoms with Gasteiger partial charge in [0.15, 0.2) is 0 Å². The van der Waals surface area contributed by atoms with Crippen LogP contribution in [0.15, 0.2) is 23.6 Å². The normalized spacial score (nSPS) is 13.8. The Balaban J connectivity index is 1.79. The fourth-order valence-electron chi connectivity index (χ4n) is 2.54. The van der Waals surface area contributed by atoms with Crippen molar-refractivity contribution in [1.29, 1.82) is 0 Å². The number of pyridine rings is 1. The lowest BCUT2D eigenvalue weighted by molar-refractivity contribution is -0.318. The van der Waals surface area contributed by atoms with Crippen LogP contribution in [0.25, 0.3) is 0 Å². The van der Waals surface area contributed by atoms with Crippen LogP contribution in [-0.2, 0) is 16.9 Å². The molecule has 0 spiro atoms. The highest BCUT2D eigenvalue weighted by atomic mass is 35.5. The van der Waals surface area contributed by atoms with Crippen molar-refractivity contribution in [3.8, 4) is 11.8 Å². The molecular weight excluding hydrogens is 444 g/mol. The summed E-state index contributed by atoms with van der Waals surface area (Å²) in [7, 11) is 1.45. The van der Waals surface area contributed by atoms with E-state index in [2.05, 4.69) is 32.4 Å². The summed E-state index contributed by atoms with van der Waals surface area (Å²) in [5.74, 6) is 5.81. The summed E-state index contributed by atoms with van der Waals surface area (Å²) in [4.78, 5) is 26.6. The van der Waals surface area contributed by atoms with Crippen LogP contribution in [0.5, 0.6) is 0 Å². The molecule has 8 nitrogen and oxygen atoms in total. The average Bonchev–Trinajstić information content (AvgIpc) is 3.48. The number of amides is 1. The zero-order valence-corrected chi connectivity index (χ0v) is 18.5. The highest BCUT2D eigenvalue weighted by molar-refractivity contribution is 6.34. The van der Waals surface area contributed by atoms with E-state index in [0.717, 1.165) is 17.5 Å². The monoisotopic (exact) mass is 465 g/mol. The molecule has 0 unspecified atom stereocenters. The molecule has 0 atom stereocenters. The molecule has 0 radical (unpaired) electrons. The first-order valence-electron chi connectivity index (χ1n) is 9.91. The molecule has 2 heterocycles. The first kappa shape index (κ1) is 23.6. The SMILES string of the molecule is CC(C)OO/N=C(/CNC(=O)c1cn(C)nc1C(F)F)c1ncc(C#CC2CC2)cc1Cl. The van der Waals surface area contributed by atoms with Gasteiger partial charge in [0.05, 0.1) is 17.1 Å². The van der Waals surface area contributed by atoms with E-state index in [4.69, 9.17) is 21.5 Å². The van der Waals surface area contributed by atoms with Gasteiger partial charge in [-0.2, -0.15) is 9.99 Å².